The van der Waals surface area contributed by atoms with E-state index in [4.69, 9.17) is 0 Å². The van der Waals surface area contributed by atoms with Crippen molar-refractivity contribution < 1.29 is 13.2 Å². The second-order valence-corrected chi connectivity index (χ2v) is 7.64. The van der Waals surface area contributed by atoms with Gasteiger partial charge in [0.2, 0.25) is 0 Å². The first kappa shape index (κ1) is 17.9. The maximum atomic E-state index is 12.2. The summed E-state index contributed by atoms with van der Waals surface area (Å²) in [7, 11) is -1.86. The molecule has 0 aromatic heterocycles. The van der Waals surface area contributed by atoms with Crippen molar-refractivity contribution >= 4 is 16.1 Å². The molecule has 1 aromatic rings. The van der Waals surface area contributed by atoms with Crippen LogP contribution in [0.15, 0.2) is 30.3 Å². The zero-order chi connectivity index (χ0) is 16.7. The molecule has 1 aromatic carbocycles. The summed E-state index contributed by atoms with van der Waals surface area (Å²) in [5.74, 6) is -0.203. The number of nitrogens with one attached hydrogen (secondary N) is 2. The highest BCUT2D eigenvalue weighted by Gasteiger charge is 2.26. The molecule has 0 heterocycles. The third kappa shape index (κ3) is 5.30. The molecule has 0 radical (unpaired) electrons. The van der Waals surface area contributed by atoms with Crippen LogP contribution in [0.5, 0.6) is 0 Å². The molecule has 1 saturated carbocycles. The number of hydrogen-bond donors (Lipinski definition) is 2. The van der Waals surface area contributed by atoms with E-state index in [1.165, 1.54) is 10.7 Å². The van der Waals surface area contributed by atoms with Gasteiger partial charge in [0.1, 0.15) is 0 Å². The van der Waals surface area contributed by atoms with E-state index in [9.17, 15) is 13.2 Å². The van der Waals surface area contributed by atoms with Crippen molar-refractivity contribution in [1.29, 1.82) is 0 Å². The second kappa shape index (κ2) is 8.42. The number of nitrogens with zero attached hydrogens (tertiary/aromatic N) is 1. The molecular formula is C16H25N3O3S. The summed E-state index contributed by atoms with van der Waals surface area (Å²) in [6.45, 7) is 0.434. The normalized spacial score (nSPS) is 16.4. The highest BCUT2D eigenvalue weighted by atomic mass is 32.2. The topological polar surface area (TPSA) is 78.5 Å². The van der Waals surface area contributed by atoms with Gasteiger partial charge in [0, 0.05) is 31.7 Å². The van der Waals surface area contributed by atoms with Crippen molar-refractivity contribution in [2.45, 2.75) is 38.1 Å². The monoisotopic (exact) mass is 339 g/mol. The van der Waals surface area contributed by atoms with Crippen LogP contribution >= 0.6 is 0 Å². The third-order valence-electron chi connectivity index (χ3n) is 4.20. The molecule has 2 N–H and O–H groups in total. The van der Waals surface area contributed by atoms with E-state index in [-0.39, 0.29) is 25.0 Å². The van der Waals surface area contributed by atoms with E-state index < -0.39 is 10.2 Å². The van der Waals surface area contributed by atoms with Crippen molar-refractivity contribution in [3.05, 3.63) is 35.9 Å². The van der Waals surface area contributed by atoms with Gasteiger partial charge >= 0.3 is 0 Å². The van der Waals surface area contributed by atoms with Gasteiger partial charge in [0.15, 0.2) is 0 Å². The molecule has 128 valence electrons. The average molecular weight is 339 g/mol. The summed E-state index contributed by atoms with van der Waals surface area (Å²) in [4.78, 5) is 11.9. The number of hydrogen-bond acceptors (Lipinski definition) is 3. The van der Waals surface area contributed by atoms with E-state index >= 15 is 0 Å². The minimum Gasteiger partial charge on any atom is -0.351 e. The number of benzene rings is 1. The standard InChI is InChI=1S/C16H25N3O3S/c1-19(15-10-6-3-7-11-15)23(21,22)18-13-12-17-16(20)14-8-4-2-5-9-14/h2,4-5,8-9,15,18H,3,6-7,10-13H2,1H3,(H,17,20). The lowest BCUT2D eigenvalue weighted by atomic mass is 9.96. The molecule has 2 rings (SSSR count). The van der Waals surface area contributed by atoms with Gasteiger partial charge in [-0.05, 0) is 25.0 Å². The van der Waals surface area contributed by atoms with Gasteiger partial charge in [0.25, 0.3) is 16.1 Å². The maximum Gasteiger partial charge on any atom is 0.279 e. The molecular weight excluding hydrogens is 314 g/mol. The largest absolute Gasteiger partial charge is 0.351 e. The van der Waals surface area contributed by atoms with Gasteiger partial charge in [-0.2, -0.15) is 12.7 Å². The molecule has 1 aliphatic carbocycles. The van der Waals surface area contributed by atoms with Gasteiger partial charge in [-0.15, -0.1) is 0 Å². The Morgan fingerprint density at radius 2 is 1.78 bits per heavy atom. The lowest BCUT2D eigenvalue weighted by Gasteiger charge is -2.30. The van der Waals surface area contributed by atoms with Gasteiger partial charge in [-0.25, -0.2) is 4.72 Å². The Hall–Kier alpha value is -1.44. The summed E-state index contributed by atoms with van der Waals surface area (Å²) in [5, 5.41) is 2.71. The first-order valence-electron chi connectivity index (χ1n) is 8.06. The first-order chi connectivity index (χ1) is 11.0. The minimum atomic E-state index is -3.49. The van der Waals surface area contributed by atoms with Crippen molar-refractivity contribution in [2.75, 3.05) is 20.1 Å². The molecule has 7 heteroatoms. The summed E-state index contributed by atoms with van der Waals surface area (Å²) in [6.07, 6.45) is 5.18. The van der Waals surface area contributed by atoms with Gasteiger partial charge in [-0.3, -0.25) is 4.79 Å². The van der Waals surface area contributed by atoms with E-state index in [1.807, 2.05) is 6.07 Å². The lowest BCUT2D eigenvalue weighted by Crippen LogP contribution is -2.46. The molecule has 1 amide bonds. The molecule has 23 heavy (non-hydrogen) atoms. The summed E-state index contributed by atoms with van der Waals surface area (Å²) in [6, 6.07) is 8.94. The summed E-state index contributed by atoms with van der Waals surface area (Å²) < 4.78 is 28.5. The van der Waals surface area contributed by atoms with Crippen molar-refractivity contribution in [3.8, 4) is 0 Å². The fourth-order valence-corrected chi connectivity index (χ4v) is 3.96. The molecule has 1 aliphatic rings. The van der Waals surface area contributed by atoms with Crippen LogP contribution in [0.1, 0.15) is 42.5 Å². The van der Waals surface area contributed by atoms with Crippen LogP contribution in [0.3, 0.4) is 0 Å². The molecule has 0 aliphatic heterocycles. The van der Waals surface area contributed by atoms with E-state index in [2.05, 4.69) is 10.0 Å². The maximum absolute atomic E-state index is 12.2. The number of rotatable bonds is 7. The van der Waals surface area contributed by atoms with Crippen LogP contribution in [0.2, 0.25) is 0 Å². The van der Waals surface area contributed by atoms with E-state index in [0.29, 0.717) is 5.56 Å². The molecule has 0 atom stereocenters. The van der Waals surface area contributed by atoms with E-state index in [0.717, 1.165) is 25.7 Å². The van der Waals surface area contributed by atoms with Crippen LogP contribution in [-0.4, -0.2) is 44.8 Å². The Morgan fingerprint density at radius 1 is 1.13 bits per heavy atom. The Balaban J connectivity index is 1.75. The molecule has 1 fully saturated rings. The molecule has 0 bridgehead atoms. The SMILES string of the molecule is CN(C1CCCCC1)S(=O)(=O)NCCNC(=O)c1ccccc1. The fraction of sp³-hybridized carbons (Fsp3) is 0.562. The Kier molecular flexibility index (Phi) is 6.56. The lowest BCUT2D eigenvalue weighted by molar-refractivity contribution is 0.0954. The van der Waals surface area contributed by atoms with Gasteiger partial charge in [0.05, 0.1) is 0 Å². The van der Waals surface area contributed by atoms with Crippen LogP contribution in [0.25, 0.3) is 0 Å². The van der Waals surface area contributed by atoms with Crippen molar-refractivity contribution in [3.63, 3.8) is 0 Å². The van der Waals surface area contributed by atoms with Crippen molar-refractivity contribution in [1.82, 2.24) is 14.3 Å². The quantitative estimate of drug-likeness (QED) is 0.739. The Labute approximate surface area is 138 Å². The minimum absolute atomic E-state index is 0.0835. The zero-order valence-corrected chi connectivity index (χ0v) is 14.3. The molecule has 0 unspecified atom stereocenters. The number of carbonyl (C=O) groups excluding carboxylic acids is 1. The predicted molar refractivity (Wildman–Crippen MR) is 90.3 cm³/mol. The highest BCUT2D eigenvalue weighted by molar-refractivity contribution is 7.87. The van der Waals surface area contributed by atoms with Crippen LogP contribution in [0, 0.1) is 0 Å². The summed E-state index contributed by atoms with van der Waals surface area (Å²) in [5.41, 5.74) is 0.565. The van der Waals surface area contributed by atoms with E-state index in [1.54, 1.807) is 31.3 Å². The van der Waals surface area contributed by atoms with Gasteiger partial charge < -0.3 is 5.32 Å². The number of amides is 1. The van der Waals surface area contributed by atoms with Gasteiger partial charge in [-0.1, -0.05) is 37.5 Å². The zero-order valence-electron chi connectivity index (χ0n) is 13.5. The first-order valence-corrected chi connectivity index (χ1v) is 9.50. The molecule has 0 spiro atoms. The Bertz CT molecular complexity index is 598. The Morgan fingerprint density at radius 3 is 2.43 bits per heavy atom. The highest BCUT2D eigenvalue weighted by Crippen LogP contribution is 2.22. The fourth-order valence-electron chi connectivity index (χ4n) is 2.79. The smallest absolute Gasteiger partial charge is 0.279 e. The number of carbonyl (C=O) groups is 1. The second-order valence-electron chi connectivity index (χ2n) is 5.83. The average Bonchev–Trinajstić information content (AvgIpc) is 2.59. The van der Waals surface area contributed by atoms with Crippen LogP contribution < -0.4 is 10.0 Å². The van der Waals surface area contributed by atoms with Crippen LogP contribution in [0.4, 0.5) is 0 Å². The summed E-state index contributed by atoms with van der Waals surface area (Å²) >= 11 is 0. The van der Waals surface area contributed by atoms with Crippen LogP contribution in [-0.2, 0) is 10.2 Å². The predicted octanol–water partition coefficient (Wildman–Crippen LogP) is 1.52. The molecule has 0 saturated heterocycles. The third-order valence-corrected chi connectivity index (χ3v) is 5.82. The molecule has 6 nitrogen and oxygen atoms in total. The van der Waals surface area contributed by atoms with Crippen molar-refractivity contribution in [2.24, 2.45) is 0 Å².